The summed E-state index contributed by atoms with van der Waals surface area (Å²) in [5.74, 6) is 7.12. The number of nitrogens with one attached hydrogen (secondary N) is 1. The van der Waals surface area contributed by atoms with Crippen LogP contribution in [0, 0.1) is 13.8 Å². The van der Waals surface area contributed by atoms with Crippen LogP contribution in [0.4, 0.5) is 5.82 Å². The third kappa shape index (κ3) is 2.00. The van der Waals surface area contributed by atoms with Crippen LogP contribution in [0.2, 0.25) is 0 Å². The normalized spacial score (nSPS) is 10.5. The second-order valence-corrected chi connectivity index (χ2v) is 3.96. The van der Waals surface area contributed by atoms with Crippen LogP contribution in [-0.4, -0.2) is 26.9 Å². The molecular weight excluding hydrogens is 232 g/mol. The lowest BCUT2D eigenvalue weighted by Crippen LogP contribution is -2.10. The molecule has 7 nitrogen and oxygen atoms in total. The molecule has 0 bridgehead atoms. The van der Waals surface area contributed by atoms with E-state index in [1.54, 1.807) is 17.9 Å². The van der Waals surface area contributed by atoms with Crippen molar-refractivity contribution in [1.29, 1.82) is 0 Å². The molecule has 0 saturated carbocycles. The first-order valence-corrected chi connectivity index (χ1v) is 5.47. The maximum Gasteiger partial charge on any atom is 0.222 e. The largest absolute Gasteiger partial charge is 0.481 e. The molecule has 0 aliphatic rings. The Morgan fingerprint density at radius 1 is 1.33 bits per heavy atom. The summed E-state index contributed by atoms with van der Waals surface area (Å²) in [5, 5.41) is 4.30. The lowest BCUT2D eigenvalue weighted by atomic mass is 10.2. The molecule has 2 heterocycles. The highest BCUT2D eigenvalue weighted by atomic mass is 16.5. The molecule has 0 radical (unpaired) electrons. The molecule has 7 heteroatoms. The summed E-state index contributed by atoms with van der Waals surface area (Å²) >= 11 is 0. The van der Waals surface area contributed by atoms with Gasteiger partial charge in [-0.15, -0.1) is 0 Å². The van der Waals surface area contributed by atoms with E-state index in [0.29, 0.717) is 17.5 Å². The number of hydrazine groups is 1. The van der Waals surface area contributed by atoms with Gasteiger partial charge in [0.25, 0.3) is 0 Å². The van der Waals surface area contributed by atoms with Gasteiger partial charge in [0.15, 0.2) is 5.82 Å². The smallest absolute Gasteiger partial charge is 0.222 e. The molecule has 0 fully saturated rings. The van der Waals surface area contributed by atoms with Gasteiger partial charge in [0.05, 0.1) is 12.8 Å². The second kappa shape index (κ2) is 4.61. The molecule has 0 aromatic carbocycles. The van der Waals surface area contributed by atoms with Crippen LogP contribution in [0.15, 0.2) is 6.07 Å². The highest BCUT2D eigenvalue weighted by Crippen LogP contribution is 2.30. The first-order chi connectivity index (χ1) is 8.56. The number of nitrogens with zero attached hydrogens (tertiary/aromatic N) is 4. The molecule has 2 aromatic rings. The number of aryl methyl sites for hydroxylation is 3. The van der Waals surface area contributed by atoms with Gasteiger partial charge in [-0.1, -0.05) is 0 Å². The summed E-state index contributed by atoms with van der Waals surface area (Å²) in [5.41, 5.74) is 4.93. The Hall–Kier alpha value is -2.15. The van der Waals surface area contributed by atoms with E-state index >= 15 is 0 Å². The molecular formula is C11H16N6O. The van der Waals surface area contributed by atoms with E-state index in [-0.39, 0.29) is 0 Å². The molecule has 96 valence electrons. The molecule has 2 rings (SSSR count). The summed E-state index contributed by atoms with van der Waals surface area (Å²) in [7, 11) is 3.41. The Bertz CT molecular complexity index is 577. The minimum absolute atomic E-state index is 0.547. The van der Waals surface area contributed by atoms with E-state index in [1.807, 2.05) is 20.9 Å². The zero-order chi connectivity index (χ0) is 13.3. The van der Waals surface area contributed by atoms with Crippen LogP contribution >= 0.6 is 0 Å². The van der Waals surface area contributed by atoms with Crippen LogP contribution in [0.3, 0.4) is 0 Å². The number of rotatable bonds is 3. The van der Waals surface area contributed by atoms with Crippen molar-refractivity contribution < 1.29 is 4.74 Å². The highest BCUT2D eigenvalue weighted by Gasteiger charge is 2.19. The minimum atomic E-state index is 0.547. The maximum atomic E-state index is 5.39. The fraction of sp³-hybridized carbons (Fsp3) is 0.364. The number of nitrogens with two attached hydrogens (primary N) is 1. The predicted octanol–water partition coefficient (Wildman–Crippen LogP) is 0.788. The number of hydrogen-bond acceptors (Lipinski definition) is 6. The standard InChI is InChI=1S/C11H16N6O/c1-6-5-8(15-12)14-10(13-6)9-7(2)16-17(3)11(9)18-4/h5H,12H2,1-4H3,(H,13,14,15). The third-order valence-electron chi connectivity index (χ3n) is 2.59. The number of nitrogen functional groups attached to an aromatic ring is 1. The van der Waals surface area contributed by atoms with E-state index < -0.39 is 0 Å². The fourth-order valence-electron chi connectivity index (χ4n) is 1.88. The Balaban J connectivity index is 2.64. The van der Waals surface area contributed by atoms with Crippen LogP contribution in [0.1, 0.15) is 11.4 Å². The molecule has 18 heavy (non-hydrogen) atoms. The van der Waals surface area contributed by atoms with Crippen molar-refractivity contribution in [3.05, 3.63) is 17.5 Å². The van der Waals surface area contributed by atoms with E-state index in [0.717, 1.165) is 17.0 Å². The van der Waals surface area contributed by atoms with Crippen molar-refractivity contribution in [2.45, 2.75) is 13.8 Å². The van der Waals surface area contributed by atoms with Crippen molar-refractivity contribution in [3.63, 3.8) is 0 Å². The van der Waals surface area contributed by atoms with Gasteiger partial charge in [-0.05, 0) is 13.8 Å². The monoisotopic (exact) mass is 248 g/mol. The maximum absolute atomic E-state index is 5.39. The molecule has 0 unspecified atom stereocenters. The predicted molar refractivity (Wildman–Crippen MR) is 68.1 cm³/mol. The molecule has 3 N–H and O–H groups in total. The highest BCUT2D eigenvalue weighted by molar-refractivity contribution is 5.66. The number of hydrogen-bond donors (Lipinski definition) is 2. The average Bonchev–Trinajstić information content (AvgIpc) is 2.62. The van der Waals surface area contributed by atoms with Crippen LogP contribution < -0.4 is 16.0 Å². The summed E-state index contributed by atoms with van der Waals surface area (Å²) in [6, 6.07) is 1.77. The van der Waals surface area contributed by atoms with Gasteiger partial charge in [0.2, 0.25) is 5.88 Å². The zero-order valence-corrected chi connectivity index (χ0v) is 10.9. The van der Waals surface area contributed by atoms with Gasteiger partial charge in [0, 0.05) is 18.8 Å². The summed E-state index contributed by atoms with van der Waals surface area (Å²) in [4.78, 5) is 8.72. The van der Waals surface area contributed by atoms with E-state index in [4.69, 9.17) is 10.6 Å². The van der Waals surface area contributed by atoms with Crippen LogP contribution in [-0.2, 0) is 7.05 Å². The van der Waals surface area contributed by atoms with Crippen molar-refractivity contribution in [3.8, 4) is 17.3 Å². The quantitative estimate of drug-likeness (QED) is 0.616. The third-order valence-corrected chi connectivity index (χ3v) is 2.59. The summed E-state index contributed by atoms with van der Waals surface area (Å²) in [6.45, 7) is 3.77. The Kier molecular flexibility index (Phi) is 3.15. The number of ether oxygens (including phenoxy) is 1. The summed E-state index contributed by atoms with van der Waals surface area (Å²) < 4.78 is 6.99. The summed E-state index contributed by atoms with van der Waals surface area (Å²) in [6.07, 6.45) is 0. The fourth-order valence-corrected chi connectivity index (χ4v) is 1.88. The van der Waals surface area contributed by atoms with Gasteiger partial charge in [0.1, 0.15) is 11.4 Å². The average molecular weight is 248 g/mol. The molecule has 0 aliphatic carbocycles. The van der Waals surface area contributed by atoms with Gasteiger partial charge in [-0.2, -0.15) is 5.10 Å². The van der Waals surface area contributed by atoms with Crippen molar-refractivity contribution in [1.82, 2.24) is 19.7 Å². The number of methoxy groups -OCH3 is 1. The van der Waals surface area contributed by atoms with E-state index in [1.165, 1.54) is 0 Å². The Morgan fingerprint density at radius 2 is 2.06 bits per heavy atom. The van der Waals surface area contributed by atoms with Crippen LogP contribution in [0.25, 0.3) is 11.4 Å². The van der Waals surface area contributed by atoms with Crippen molar-refractivity contribution in [2.24, 2.45) is 12.9 Å². The molecule has 0 saturated heterocycles. The van der Waals surface area contributed by atoms with Crippen molar-refractivity contribution >= 4 is 5.82 Å². The number of aromatic nitrogens is 4. The van der Waals surface area contributed by atoms with Gasteiger partial charge < -0.3 is 10.2 Å². The molecule has 0 atom stereocenters. The van der Waals surface area contributed by atoms with Crippen molar-refractivity contribution in [2.75, 3.05) is 12.5 Å². The van der Waals surface area contributed by atoms with Gasteiger partial charge >= 0.3 is 0 Å². The van der Waals surface area contributed by atoms with E-state index in [9.17, 15) is 0 Å². The lowest BCUT2D eigenvalue weighted by molar-refractivity contribution is 0.374. The topological polar surface area (TPSA) is 90.9 Å². The number of anilines is 1. The zero-order valence-electron chi connectivity index (χ0n) is 10.9. The Labute approximate surface area is 105 Å². The minimum Gasteiger partial charge on any atom is -0.481 e. The molecule has 0 amide bonds. The van der Waals surface area contributed by atoms with E-state index in [2.05, 4.69) is 20.5 Å². The lowest BCUT2D eigenvalue weighted by Gasteiger charge is -2.07. The molecule has 0 aliphatic heterocycles. The van der Waals surface area contributed by atoms with Gasteiger partial charge in [-0.25, -0.2) is 20.5 Å². The molecule has 0 spiro atoms. The second-order valence-electron chi connectivity index (χ2n) is 3.96. The first-order valence-electron chi connectivity index (χ1n) is 5.47. The molecule has 2 aromatic heterocycles. The van der Waals surface area contributed by atoms with Crippen LogP contribution in [0.5, 0.6) is 5.88 Å². The van der Waals surface area contributed by atoms with Gasteiger partial charge in [-0.3, -0.25) is 0 Å². The Morgan fingerprint density at radius 3 is 2.67 bits per heavy atom. The first kappa shape index (κ1) is 12.3. The SMILES string of the molecule is COc1c(-c2nc(C)cc(NN)n2)c(C)nn1C.